The second-order valence-electron chi connectivity index (χ2n) is 5.27. The van der Waals surface area contributed by atoms with Gasteiger partial charge in [0.05, 0.1) is 17.1 Å². The molecule has 19 heavy (non-hydrogen) atoms. The number of non-ortho nitro benzene ring substituents is 1. The Morgan fingerprint density at radius 3 is 2.58 bits per heavy atom. The van der Waals surface area contributed by atoms with E-state index in [-0.39, 0.29) is 16.7 Å². The SMILES string of the molecule is CC(C)Oc1cc(NC2CCCC2)cc([N+](=O)[O-])c1. The molecule has 104 valence electrons. The maximum atomic E-state index is 11.0. The van der Waals surface area contributed by atoms with E-state index in [1.54, 1.807) is 6.07 Å². The minimum Gasteiger partial charge on any atom is -0.491 e. The number of hydrogen-bond donors (Lipinski definition) is 1. The normalized spacial score (nSPS) is 15.7. The standard InChI is InChI=1S/C14H20N2O3/c1-10(2)19-14-8-12(7-13(9-14)16(17)18)15-11-5-3-4-6-11/h7-11,15H,3-6H2,1-2H3. The van der Waals surface area contributed by atoms with Crippen molar-refractivity contribution >= 4 is 11.4 Å². The van der Waals surface area contributed by atoms with Gasteiger partial charge in [0.25, 0.3) is 5.69 Å². The van der Waals surface area contributed by atoms with Crippen molar-refractivity contribution in [2.45, 2.75) is 51.7 Å². The molecular weight excluding hydrogens is 244 g/mol. The zero-order valence-corrected chi connectivity index (χ0v) is 11.4. The first-order valence-electron chi connectivity index (χ1n) is 6.77. The summed E-state index contributed by atoms with van der Waals surface area (Å²) in [5.74, 6) is 0.546. The third-order valence-corrected chi connectivity index (χ3v) is 3.20. The van der Waals surface area contributed by atoms with Crippen LogP contribution in [0.1, 0.15) is 39.5 Å². The molecule has 0 heterocycles. The molecule has 0 unspecified atom stereocenters. The summed E-state index contributed by atoms with van der Waals surface area (Å²) in [5, 5.41) is 14.3. The van der Waals surface area contributed by atoms with Gasteiger partial charge in [0.1, 0.15) is 5.75 Å². The number of nitro benzene ring substituents is 1. The van der Waals surface area contributed by atoms with Crippen LogP contribution in [0.2, 0.25) is 0 Å². The first-order valence-corrected chi connectivity index (χ1v) is 6.77. The van der Waals surface area contributed by atoms with Crippen LogP contribution < -0.4 is 10.1 Å². The highest BCUT2D eigenvalue weighted by Crippen LogP contribution is 2.29. The van der Waals surface area contributed by atoms with Gasteiger partial charge in [-0.2, -0.15) is 0 Å². The maximum absolute atomic E-state index is 11.0. The van der Waals surface area contributed by atoms with E-state index in [2.05, 4.69) is 5.32 Å². The summed E-state index contributed by atoms with van der Waals surface area (Å²) >= 11 is 0. The van der Waals surface area contributed by atoms with Crippen LogP contribution >= 0.6 is 0 Å². The first kappa shape index (κ1) is 13.6. The molecule has 0 spiro atoms. The van der Waals surface area contributed by atoms with Gasteiger partial charge in [0, 0.05) is 23.9 Å². The van der Waals surface area contributed by atoms with E-state index < -0.39 is 0 Å². The molecule has 1 aromatic carbocycles. The molecular formula is C14H20N2O3. The van der Waals surface area contributed by atoms with Gasteiger partial charge in [0.2, 0.25) is 0 Å². The van der Waals surface area contributed by atoms with Gasteiger partial charge >= 0.3 is 0 Å². The van der Waals surface area contributed by atoms with E-state index in [9.17, 15) is 10.1 Å². The van der Waals surface area contributed by atoms with Crippen LogP contribution in [0.4, 0.5) is 11.4 Å². The van der Waals surface area contributed by atoms with Crippen molar-refractivity contribution in [3.05, 3.63) is 28.3 Å². The smallest absolute Gasteiger partial charge is 0.275 e. The lowest BCUT2D eigenvalue weighted by Gasteiger charge is -2.15. The van der Waals surface area contributed by atoms with E-state index >= 15 is 0 Å². The van der Waals surface area contributed by atoms with Gasteiger partial charge in [-0.25, -0.2) is 0 Å². The maximum Gasteiger partial charge on any atom is 0.275 e. The van der Waals surface area contributed by atoms with Crippen molar-refractivity contribution in [1.29, 1.82) is 0 Å². The van der Waals surface area contributed by atoms with Crippen LogP contribution in [-0.4, -0.2) is 17.1 Å². The lowest BCUT2D eigenvalue weighted by molar-refractivity contribution is -0.384. The van der Waals surface area contributed by atoms with Gasteiger partial charge in [0.15, 0.2) is 0 Å². The third-order valence-electron chi connectivity index (χ3n) is 3.20. The fourth-order valence-electron chi connectivity index (χ4n) is 2.42. The van der Waals surface area contributed by atoms with E-state index in [0.717, 1.165) is 18.5 Å². The van der Waals surface area contributed by atoms with Gasteiger partial charge in [-0.1, -0.05) is 12.8 Å². The summed E-state index contributed by atoms with van der Waals surface area (Å²) in [6.45, 7) is 3.81. The minimum absolute atomic E-state index is 0.00124. The first-order chi connectivity index (χ1) is 9.04. The summed E-state index contributed by atoms with van der Waals surface area (Å²) in [6, 6.07) is 5.31. The van der Waals surface area contributed by atoms with Gasteiger partial charge < -0.3 is 10.1 Å². The molecule has 0 amide bonds. The molecule has 2 rings (SSSR count). The Labute approximate surface area is 113 Å². The molecule has 1 fully saturated rings. The van der Waals surface area contributed by atoms with Gasteiger partial charge in [-0.05, 0) is 26.7 Å². The number of nitro groups is 1. The summed E-state index contributed by atoms with van der Waals surface area (Å²) < 4.78 is 5.57. The predicted octanol–water partition coefficient (Wildman–Crippen LogP) is 3.74. The van der Waals surface area contributed by atoms with Gasteiger partial charge in [-0.15, -0.1) is 0 Å². The number of rotatable bonds is 5. The van der Waals surface area contributed by atoms with E-state index in [4.69, 9.17) is 4.74 Å². The molecule has 0 bridgehead atoms. The number of benzene rings is 1. The molecule has 1 aliphatic rings. The van der Waals surface area contributed by atoms with Crippen molar-refractivity contribution in [3.63, 3.8) is 0 Å². The lowest BCUT2D eigenvalue weighted by atomic mass is 10.2. The molecule has 1 aromatic rings. The predicted molar refractivity (Wildman–Crippen MR) is 74.7 cm³/mol. The Morgan fingerprint density at radius 2 is 2.00 bits per heavy atom. The second kappa shape index (κ2) is 5.91. The number of hydrogen-bond acceptors (Lipinski definition) is 4. The molecule has 0 atom stereocenters. The van der Waals surface area contributed by atoms with Crippen molar-refractivity contribution in [3.8, 4) is 5.75 Å². The Morgan fingerprint density at radius 1 is 1.32 bits per heavy atom. The highest BCUT2D eigenvalue weighted by atomic mass is 16.6. The monoisotopic (exact) mass is 264 g/mol. The third kappa shape index (κ3) is 3.84. The average Bonchev–Trinajstić information content (AvgIpc) is 2.80. The van der Waals surface area contributed by atoms with E-state index in [0.29, 0.717) is 11.8 Å². The molecule has 1 saturated carbocycles. The van der Waals surface area contributed by atoms with Crippen molar-refractivity contribution in [1.82, 2.24) is 0 Å². The van der Waals surface area contributed by atoms with Crippen LogP contribution in [0.5, 0.6) is 5.75 Å². The fourth-order valence-corrected chi connectivity index (χ4v) is 2.42. The summed E-state index contributed by atoms with van der Waals surface area (Å²) in [5.41, 5.74) is 0.843. The molecule has 0 radical (unpaired) electrons. The summed E-state index contributed by atoms with van der Waals surface area (Å²) in [4.78, 5) is 10.6. The molecule has 0 aromatic heterocycles. The Bertz CT molecular complexity index is 454. The average molecular weight is 264 g/mol. The largest absolute Gasteiger partial charge is 0.491 e. The Balaban J connectivity index is 2.20. The van der Waals surface area contributed by atoms with Crippen molar-refractivity contribution < 1.29 is 9.66 Å². The molecule has 0 aliphatic heterocycles. The van der Waals surface area contributed by atoms with Crippen molar-refractivity contribution in [2.75, 3.05) is 5.32 Å². The van der Waals surface area contributed by atoms with Crippen LogP contribution in [0.15, 0.2) is 18.2 Å². The topological polar surface area (TPSA) is 64.4 Å². The highest BCUT2D eigenvalue weighted by molar-refractivity contribution is 5.57. The van der Waals surface area contributed by atoms with Crippen LogP contribution in [0.25, 0.3) is 0 Å². The number of nitrogens with zero attached hydrogens (tertiary/aromatic N) is 1. The molecule has 0 saturated heterocycles. The second-order valence-corrected chi connectivity index (χ2v) is 5.27. The molecule has 1 aliphatic carbocycles. The van der Waals surface area contributed by atoms with Crippen LogP contribution in [0, 0.1) is 10.1 Å². The summed E-state index contributed by atoms with van der Waals surface area (Å²) in [6.07, 6.45) is 4.71. The van der Waals surface area contributed by atoms with E-state index in [1.165, 1.54) is 18.9 Å². The zero-order valence-electron chi connectivity index (χ0n) is 11.4. The molecule has 1 N–H and O–H groups in total. The Kier molecular flexibility index (Phi) is 4.24. The van der Waals surface area contributed by atoms with Crippen LogP contribution in [0.3, 0.4) is 0 Å². The van der Waals surface area contributed by atoms with E-state index in [1.807, 2.05) is 19.9 Å². The number of nitrogens with one attached hydrogen (secondary N) is 1. The summed E-state index contributed by atoms with van der Waals surface area (Å²) in [7, 11) is 0. The van der Waals surface area contributed by atoms with Crippen LogP contribution in [-0.2, 0) is 0 Å². The Hall–Kier alpha value is -1.78. The lowest BCUT2D eigenvalue weighted by Crippen LogP contribution is -2.15. The van der Waals surface area contributed by atoms with Crippen molar-refractivity contribution in [2.24, 2.45) is 0 Å². The number of anilines is 1. The molecule has 5 heteroatoms. The highest BCUT2D eigenvalue weighted by Gasteiger charge is 2.17. The van der Waals surface area contributed by atoms with Gasteiger partial charge in [-0.3, -0.25) is 10.1 Å². The fraction of sp³-hybridized carbons (Fsp3) is 0.571. The quantitative estimate of drug-likeness (QED) is 0.650. The molecule has 5 nitrogen and oxygen atoms in total. The zero-order chi connectivity index (χ0) is 13.8. The number of ether oxygens (including phenoxy) is 1. The minimum atomic E-state index is -0.382.